The number of aromatic nitrogens is 1. The van der Waals surface area contributed by atoms with Crippen molar-refractivity contribution >= 4 is 34.0 Å². The van der Waals surface area contributed by atoms with Crippen LogP contribution in [-0.4, -0.2) is 25.4 Å². The number of alkyl halides is 3. The fourth-order valence-corrected chi connectivity index (χ4v) is 4.16. The highest BCUT2D eigenvalue weighted by Crippen LogP contribution is 2.40. The smallest absolute Gasteiger partial charge is 0.416 e. The van der Waals surface area contributed by atoms with Crippen molar-refractivity contribution in [2.45, 2.75) is 6.18 Å². The van der Waals surface area contributed by atoms with Crippen molar-refractivity contribution in [3.05, 3.63) is 89.1 Å². The van der Waals surface area contributed by atoms with Crippen LogP contribution in [0.25, 0.3) is 22.0 Å². The molecule has 8 heteroatoms. The van der Waals surface area contributed by atoms with E-state index in [4.69, 9.17) is 9.47 Å². The highest BCUT2D eigenvalue weighted by Gasteiger charge is 2.31. The molecular weight excluding hydrogens is 465 g/mol. The van der Waals surface area contributed by atoms with Gasteiger partial charge >= 0.3 is 6.18 Å². The summed E-state index contributed by atoms with van der Waals surface area (Å²) in [5.74, 6) is 1.43. The maximum Gasteiger partial charge on any atom is 0.416 e. The van der Waals surface area contributed by atoms with E-state index in [2.05, 4.69) is 9.98 Å². The predicted molar refractivity (Wildman–Crippen MR) is 122 cm³/mol. The summed E-state index contributed by atoms with van der Waals surface area (Å²) in [5.41, 5.74) is 5.25. The van der Waals surface area contributed by atoms with E-state index in [-0.39, 0.29) is 12.4 Å². The van der Waals surface area contributed by atoms with Gasteiger partial charge in [-0.05, 0) is 42.0 Å². The minimum atomic E-state index is -4.40. The van der Waals surface area contributed by atoms with E-state index in [1.165, 1.54) is 12.1 Å². The molecule has 0 aliphatic carbocycles. The Bertz CT molecular complexity index is 1420. The molecule has 0 fully saturated rings. The zero-order valence-corrected chi connectivity index (χ0v) is 19.0. The average Bonchev–Trinajstić information content (AvgIpc) is 3.43. The number of rotatable bonds is 4. The van der Waals surface area contributed by atoms with Gasteiger partial charge in [-0.25, -0.2) is 4.99 Å². The SMILES string of the molecule is COc1ccc2c(c1)[NH+]=CC2=C(c1ccc(C(F)(F)F)cc1)c1c[nH]c2cc(OC)ccc12.[Cl-]. The molecule has 0 radical (unpaired) electrons. The molecule has 4 aromatic rings. The molecule has 1 aromatic heterocycles. The highest BCUT2D eigenvalue weighted by atomic mass is 35.5. The largest absolute Gasteiger partial charge is 1.00 e. The van der Waals surface area contributed by atoms with Gasteiger partial charge < -0.3 is 26.9 Å². The Morgan fingerprint density at radius 3 is 2.24 bits per heavy atom. The minimum Gasteiger partial charge on any atom is -1.00 e. The molecule has 4 nitrogen and oxygen atoms in total. The predicted octanol–water partition coefficient (Wildman–Crippen LogP) is 1.96. The van der Waals surface area contributed by atoms with Gasteiger partial charge in [0.1, 0.15) is 11.5 Å². The number of hydrogen-bond acceptors (Lipinski definition) is 2. The molecule has 174 valence electrons. The second kappa shape index (κ2) is 8.91. The summed E-state index contributed by atoms with van der Waals surface area (Å²) < 4.78 is 50.2. The first-order valence-electron chi connectivity index (χ1n) is 10.2. The lowest BCUT2D eigenvalue weighted by Crippen LogP contribution is -3.00. The lowest BCUT2D eigenvalue weighted by Gasteiger charge is -2.13. The van der Waals surface area contributed by atoms with Crippen LogP contribution < -0.4 is 26.9 Å². The molecule has 1 aliphatic heterocycles. The molecule has 0 saturated carbocycles. The van der Waals surface area contributed by atoms with Crippen LogP contribution >= 0.6 is 0 Å². The van der Waals surface area contributed by atoms with Gasteiger partial charge in [-0.1, -0.05) is 12.1 Å². The van der Waals surface area contributed by atoms with Gasteiger partial charge in [0, 0.05) is 34.3 Å². The van der Waals surface area contributed by atoms with Gasteiger partial charge in [-0.15, -0.1) is 0 Å². The Kier molecular flexibility index (Phi) is 6.15. The second-order valence-corrected chi connectivity index (χ2v) is 7.68. The molecule has 3 aromatic carbocycles. The van der Waals surface area contributed by atoms with E-state index in [0.717, 1.165) is 51.0 Å². The lowest BCUT2D eigenvalue weighted by molar-refractivity contribution is -0.342. The van der Waals surface area contributed by atoms with Crippen molar-refractivity contribution in [3.63, 3.8) is 0 Å². The van der Waals surface area contributed by atoms with Gasteiger partial charge in [-0.3, -0.25) is 0 Å². The Balaban J connectivity index is 0.00000274. The molecule has 34 heavy (non-hydrogen) atoms. The van der Waals surface area contributed by atoms with Gasteiger partial charge in [0.25, 0.3) is 0 Å². The normalized spacial score (nSPS) is 14.0. The van der Waals surface area contributed by atoms with E-state index < -0.39 is 11.7 Å². The van der Waals surface area contributed by atoms with E-state index in [0.29, 0.717) is 17.1 Å². The third-order valence-electron chi connectivity index (χ3n) is 5.82. The van der Waals surface area contributed by atoms with Crippen LogP contribution in [0.4, 0.5) is 18.9 Å². The number of fused-ring (bicyclic) bond motifs is 2. The molecule has 5 rings (SSSR count). The number of allylic oxidation sites excluding steroid dienone is 1. The standard InChI is InChI=1S/C26H19F3N2O2.ClH/c1-32-17-7-9-19-21(13-30-23(19)11-17)25(15-3-5-16(6-4-15)26(27,28)29)22-14-31-24-12-18(33-2)8-10-20(22)24;/h3-14,30H,1-2H3;1H. The zero-order chi connectivity index (χ0) is 23.2. The maximum absolute atomic E-state index is 13.2. The Morgan fingerprint density at radius 1 is 0.882 bits per heavy atom. The van der Waals surface area contributed by atoms with Crippen molar-refractivity contribution in [1.82, 2.24) is 4.98 Å². The highest BCUT2D eigenvalue weighted by molar-refractivity contribution is 6.24. The van der Waals surface area contributed by atoms with E-state index in [9.17, 15) is 13.2 Å². The Labute approximate surface area is 200 Å². The Morgan fingerprint density at radius 2 is 1.56 bits per heavy atom. The lowest BCUT2D eigenvalue weighted by atomic mass is 9.89. The quantitative estimate of drug-likeness (QED) is 0.465. The maximum atomic E-state index is 13.2. The zero-order valence-electron chi connectivity index (χ0n) is 18.3. The number of halogens is 4. The van der Waals surface area contributed by atoms with Crippen LogP contribution in [0.1, 0.15) is 22.3 Å². The van der Waals surface area contributed by atoms with Gasteiger partial charge in [0.05, 0.1) is 37.0 Å². The van der Waals surface area contributed by atoms with Crippen LogP contribution in [0.2, 0.25) is 0 Å². The minimum absolute atomic E-state index is 0. The summed E-state index contributed by atoms with van der Waals surface area (Å²) in [7, 11) is 3.20. The molecular formula is C26H20ClF3N2O2. The van der Waals surface area contributed by atoms with E-state index >= 15 is 0 Å². The number of benzene rings is 3. The molecule has 0 saturated heterocycles. The van der Waals surface area contributed by atoms with Gasteiger partial charge in [0.2, 0.25) is 5.69 Å². The molecule has 2 heterocycles. The third kappa shape index (κ3) is 4.03. The summed E-state index contributed by atoms with van der Waals surface area (Å²) in [4.78, 5) is 6.53. The molecule has 1 aliphatic rings. The molecule has 0 bridgehead atoms. The van der Waals surface area contributed by atoms with E-state index in [1.54, 1.807) is 14.2 Å². The topological polar surface area (TPSA) is 48.2 Å². The summed E-state index contributed by atoms with van der Waals surface area (Å²) >= 11 is 0. The molecule has 0 amide bonds. The van der Waals surface area contributed by atoms with Crippen molar-refractivity contribution in [3.8, 4) is 11.5 Å². The molecule has 0 unspecified atom stereocenters. The van der Waals surface area contributed by atoms with Gasteiger partial charge in [-0.2, -0.15) is 13.2 Å². The first-order chi connectivity index (χ1) is 15.9. The summed E-state index contributed by atoms with van der Waals surface area (Å²) in [6, 6.07) is 16.7. The average molecular weight is 485 g/mol. The number of nitrogens with one attached hydrogen (secondary N) is 2. The fourth-order valence-electron chi connectivity index (χ4n) is 4.16. The molecule has 0 spiro atoms. The van der Waals surface area contributed by atoms with Crippen molar-refractivity contribution < 1.29 is 40.0 Å². The number of aromatic amines is 1. The van der Waals surface area contributed by atoms with Crippen molar-refractivity contribution in [2.24, 2.45) is 0 Å². The van der Waals surface area contributed by atoms with Crippen LogP contribution in [0.3, 0.4) is 0 Å². The van der Waals surface area contributed by atoms with Crippen LogP contribution in [0, 0.1) is 0 Å². The van der Waals surface area contributed by atoms with E-state index in [1.807, 2.05) is 48.8 Å². The summed E-state index contributed by atoms with van der Waals surface area (Å²) in [5, 5.41) is 0.938. The third-order valence-corrected chi connectivity index (χ3v) is 5.82. The van der Waals surface area contributed by atoms with Crippen LogP contribution in [0.5, 0.6) is 11.5 Å². The fraction of sp³-hybridized carbons (Fsp3) is 0.115. The number of ether oxygens (including phenoxy) is 2. The number of H-pyrrole nitrogens is 1. The summed E-state index contributed by atoms with van der Waals surface area (Å²) in [6.45, 7) is 0. The van der Waals surface area contributed by atoms with Crippen LogP contribution in [-0.2, 0) is 6.18 Å². The van der Waals surface area contributed by atoms with Crippen LogP contribution in [0.15, 0.2) is 66.9 Å². The molecule has 2 N–H and O–H groups in total. The monoisotopic (exact) mass is 484 g/mol. The van der Waals surface area contributed by atoms with Gasteiger partial charge in [0.15, 0.2) is 6.21 Å². The molecule has 0 atom stereocenters. The summed E-state index contributed by atoms with van der Waals surface area (Å²) in [6.07, 6.45) is -0.647. The van der Waals surface area contributed by atoms with Crippen molar-refractivity contribution in [2.75, 3.05) is 14.2 Å². The van der Waals surface area contributed by atoms with Crippen molar-refractivity contribution in [1.29, 1.82) is 0 Å². The number of methoxy groups -OCH3 is 2. The first kappa shape index (κ1) is 23.4. The number of hydrogen-bond donors (Lipinski definition) is 2. The second-order valence-electron chi connectivity index (χ2n) is 7.68. The Hall–Kier alpha value is -3.71. The first-order valence-corrected chi connectivity index (χ1v) is 10.2.